The van der Waals surface area contributed by atoms with Crippen LogP contribution < -0.4 is 10.9 Å². The highest BCUT2D eigenvalue weighted by Crippen LogP contribution is 2.51. The minimum Gasteiger partial charge on any atom is -0.374 e. The largest absolute Gasteiger partial charge is 0.374 e. The van der Waals surface area contributed by atoms with Gasteiger partial charge in [-0.1, -0.05) is 91.0 Å². The molecule has 0 bridgehead atoms. The maximum Gasteiger partial charge on any atom is 0.333 e. The Morgan fingerprint density at radius 2 is 1.15 bits per heavy atom. The molecule has 7 heterocycles. The van der Waals surface area contributed by atoms with Crippen LogP contribution in [0, 0.1) is 0 Å². The molecule has 46 heavy (non-hydrogen) atoms. The van der Waals surface area contributed by atoms with Crippen LogP contribution in [0.4, 0.5) is 0 Å². The lowest BCUT2D eigenvalue weighted by Gasteiger charge is -2.34. The van der Waals surface area contributed by atoms with Crippen molar-refractivity contribution in [2.24, 2.45) is 0 Å². The molecule has 0 amide bonds. The van der Waals surface area contributed by atoms with E-state index in [1.54, 1.807) is 0 Å². The number of aromatic nitrogens is 2. The van der Waals surface area contributed by atoms with Gasteiger partial charge in [0.05, 0.1) is 26.1 Å². The van der Waals surface area contributed by atoms with E-state index in [9.17, 15) is 0 Å². The summed E-state index contributed by atoms with van der Waals surface area (Å²) in [7, 11) is 0. The first kappa shape index (κ1) is 23.5. The summed E-state index contributed by atoms with van der Waals surface area (Å²) in [5, 5.41) is 9.57. The first-order valence-corrected chi connectivity index (χ1v) is 18.2. The molecule has 0 radical (unpaired) electrons. The van der Waals surface area contributed by atoms with Gasteiger partial charge in [0.15, 0.2) is 0 Å². The van der Waals surface area contributed by atoms with Crippen LogP contribution in [0.15, 0.2) is 115 Å². The molecule has 6 heteroatoms. The van der Waals surface area contributed by atoms with E-state index < -0.39 is 0 Å². The van der Waals surface area contributed by atoms with Gasteiger partial charge in [0, 0.05) is 62.9 Å². The number of rotatable bonds is 0. The SMILES string of the molecule is c1ccc2c(c1)sc1c3c4c(cc12)-c1cccc2c5sc6ccccc6c5n(c12)B4c1cccc2c4c5ccccc5sc4n-3c12. The molecule has 0 spiro atoms. The van der Waals surface area contributed by atoms with Crippen LogP contribution in [-0.4, -0.2) is 15.9 Å². The van der Waals surface area contributed by atoms with Gasteiger partial charge in [-0.05, 0) is 40.8 Å². The fraction of sp³-hybridized carbons (Fsp3) is 0. The molecule has 2 aliphatic heterocycles. The summed E-state index contributed by atoms with van der Waals surface area (Å²) in [6.07, 6.45) is 0. The van der Waals surface area contributed by atoms with Crippen LogP contribution in [0.3, 0.4) is 0 Å². The molecule has 13 rings (SSSR count). The molecule has 6 aromatic carbocycles. The zero-order valence-electron chi connectivity index (χ0n) is 24.2. The third kappa shape index (κ3) is 2.46. The summed E-state index contributed by atoms with van der Waals surface area (Å²) >= 11 is 5.85. The van der Waals surface area contributed by atoms with E-state index in [2.05, 4.69) is 124 Å². The van der Waals surface area contributed by atoms with E-state index >= 15 is 0 Å². The lowest BCUT2D eigenvalue weighted by molar-refractivity contribution is 1.21. The second kappa shape index (κ2) is 7.73. The highest BCUT2D eigenvalue weighted by molar-refractivity contribution is 7.28. The fourth-order valence-electron chi connectivity index (χ4n) is 9.03. The van der Waals surface area contributed by atoms with Crippen LogP contribution >= 0.6 is 34.0 Å². The Hall–Kier alpha value is -4.88. The van der Waals surface area contributed by atoms with Gasteiger partial charge in [-0.3, -0.25) is 0 Å². The highest BCUT2D eigenvalue weighted by Gasteiger charge is 2.43. The summed E-state index contributed by atoms with van der Waals surface area (Å²) in [5.74, 6) is 0. The van der Waals surface area contributed by atoms with Crippen molar-refractivity contribution >= 4 is 134 Å². The number of para-hydroxylation sites is 2. The quantitative estimate of drug-likeness (QED) is 0.147. The van der Waals surface area contributed by atoms with Gasteiger partial charge in [0.1, 0.15) is 4.83 Å². The van der Waals surface area contributed by atoms with Gasteiger partial charge in [-0.25, -0.2) is 0 Å². The van der Waals surface area contributed by atoms with Crippen molar-refractivity contribution in [3.63, 3.8) is 0 Å². The lowest BCUT2D eigenvalue weighted by atomic mass is 9.45. The minimum absolute atomic E-state index is 0.0824. The third-order valence-electron chi connectivity index (χ3n) is 10.7. The summed E-state index contributed by atoms with van der Waals surface area (Å²) < 4.78 is 12.3. The van der Waals surface area contributed by atoms with Crippen LogP contribution in [0.5, 0.6) is 0 Å². The van der Waals surface area contributed by atoms with Crippen molar-refractivity contribution in [2.45, 2.75) is 0 Å². The van der Waals surface area contributed by atoms with Gasteiger partial charge in [0.2, 0.25) is 0 Å². The zero-order chi connectivity index (χ0) is 29.4. The number of nitrogens with zero attached hydrogens (tertiary/aromatic N) is 2. The van der Waals surface area contributed by atoms with E-state index in [0.29, 0.717) is 0 Å². The first-order valence-electron chi connectivity index (χ1n) is 15.7. The molecular weight excluding hydrogens is 615 g/mol. The molecule has 210 valence electrons. The standard InChI is InChI=1S/C40H19BN2S3/c1-4-16-29-20(9-1)27-19-26-21-12-7-14-25-34(21)43(36-23-11-3-6-18-31(23)45-38(25)36)41-28-15-8-13-24-32-22-10-2-5-17-30(22)46-40(32)42(35(24)28)37(33(26)41)39(27)44-29/h1-19H. The van der Waals surface area contributed by atoms with Crippen LogP contribution in [-0.2, 0) is 0 Å². The topological polar surface area (TPSA) is 9.86 Å². The Bertz CT molecular complexity index is 3220. The molecule has 0 saturated heterocycles. The van der Waals surface area contributed by atoms with E-state index in [1.165, 1.54) is 110 Å². The third-order valence-corrected chi connectivity index (χ3v) is 14.2. The second-order valence-electron chi connectivity index (χ2n) is 12.8. The molecule has 11 aromatic rings. The molecule has 0 fully saturated rings. The van der Waals surface area contributed by atoms with E-state index in [4.69, 9.17) is 0 Å². The average molecular weight is 635 g/mol. The smallest absolute Gasteiger partial charge is 0.333 e. The summed E-state index contributed by atoms with van der Waals surface area (Å²) in [6.45, 7) is 0.0824. The van der Waals surface area contributed by atoms with E-state index in [1.807, 2.05) is 34.0 Å². The predicted octanol–water partition coefficient (Wildman–Crippen LogP) is 10.6. The monoisotopic (exact) mass is 634 g/mol. The summed E-state index contributed by atoms with van der Waals surface area (Å²) in [6, 6.07) is 43.6. The Kier molecular flexibility index (Phi) is 3.94. The normalized spacial score (nSPS) is 13.6. The van der Waals surface area contributed by atoms with Crippen molar-refractivity contribution in [2.75, 3.05) is 0 Å². The van der Waals surface area contributed by atoms with Crippen LogP contribution in [0.2, 0.25) is 0 Å². The summed E-state index contributed by atoms with van der Waals surface area (Å²) in [4.78, 5) is 1.36. The second-order valence-corrected chi connectivity index (χ2v) is 15.9. The molecule has 0 atom stereocenters. The molecule has 0 saturated carbocycles. The lowest BCUT2D eigenvalue weighted by Crippen LogP contribution is -2.55. The van der Waals surface area contributed by atoms with Gasteiger partial charge in [-0.15, -0.1) is 34.0 Å². The molecule has 0 N–H and O–H groups in total. The molecule has 5 aromatic heterocycles. The first-order chi connectivity index (χ1) is 22.8. The van der Waals surface area contributed by atoms with Gasteiger partial charge in [-0.2, -0.15) is 0 Å². The van der Waals surface area contributed by atoms with Crippen molar-refractivity contribution in [1.82, 2.24) is 9.05 Å². The zero-order valence-corrected chi connectivity index (χ0v) is 26.6. The molecule has 0 unspecified atom stereocenters. The Balaban J connectivity index is 1.35. The van der Waals surface area contributed by atoms with E-state index in [-0.39, 0.29) is 6.85 Å². The number of fused-ring (bicyclic) bond motifs is 18. The maximum atomic E-state index is 2.74. The van der Waals surface area contributed by atoms with Gasteiger partial charge in [0.25, 0.3) is 0 Å². The Morgan fingerprint density at radius 1 is 0.478 bits per heavy atom. The van der Waals surface area contributed by atoms with Crippen molar-refractivity contribution < 1.29 is 0 Å². The highest BCUT2D eigenvalue weighted by atomic mass is 32.1. The minimum atomic E-state index is 0.0824. The molecular formula is C40H19BN2S3. The molecule has 0 aliphatic carbocycles. The Morgan fingerprint density at radius 3 is 2.02 bits per heavy atom. The van der Waals surface area contributed by atoms with E-state index in [0.717, 1.165) is 0 Å². The molecule has 2 aliphatic rings. The van der Waals surface area contributed by atoms with Gasteiger partial charge >= 0.3 is 6.85 Å². The predicted molar refractivity (Wildman–Crippen MR) is 203 cm³/mol. The number of hydrogen-bond donors (Lipinski definition) is 0. The van der Waals surface area contributed by atoms with Crippen LogP contribution in [0.25, 0.3) is 99.4 Å². The van der Waals surface area contributed by atoms with Crippen molar-refractivity contribution in [3.8, 4) is 16.8 Å². The van der Waals surface area contributed by atoms with Crippen molar-refractivity contribution in [1.29, 1.82) is 0 Å². The summed E-state index contributed by atoms with van der Waals surface area (Å²) in [5.41, 5.74) is 11.1. The van der Waals surface area contributed by atoms with Crippen LogP contribution in [0.1, 0.15) is 0 Å². The van der Waals surface area contributed by atoms with Gasteiger partial charge < -0.3 is 9.05 Å². The average Bonchev–Trinajstić information content (AvgIpc) is 3.89. The number of benzene rings is 6. The number of hydrogen-bond acceptors (Lipinski definition) is 3. The van der Waals surface area contributed by atoms with Crippen molar-refractivity contribution in [3.05, 3.63) is 115 Å². The number of thiophene rings is 3. The Labute approximate surface area is 274 Å². The molecule has 2 nitrogen and oxygen atoms in total. The fourth-order valence-corrected chi connectivity index (χ4v) is 12.7. The maximum absolute atomic E-state index is 2.74.